The monoisotopic (exact) mass is 212 g/mol. The Morgan fingerprint density at radius 2 is 2.13 bits per heavy atom. The first-order chi connectivity index (χ1) is 7.13. The summed E-state index contributed by atoms with van der Waals surface area (Å²) in [5.41, 5.74) is 0. The lowest BCUT2D eigenvalue weighted by Crippen LogP contribution is -2.38. The maximum absolute atomic E-state index is 3.51. The number of hydrogen-bond acceptors (Lipinski definition) is 2. The average Bonchev–Trinajstić information content (AvgIpc) is 2.42. The van der Waals surface area contributed by atoms with Gasteiger partial charge in [0.05, 0.1) is 0 Å². The molecule has 1 aliphatic heterocycles. The van der Waals surface area contributed by atoms with E-state index in [0.29, 0.717) is 0 Å². The van der Waals surface area contributed by atoms with Crippen LogP contribution in [-0.4, -0.2) is 37.1 Å². The van der Waals surface area contributed by atoms with E-state index in [0.717, 1.165) is 24.4 Å². The molecule has 0 saturated carbocycles. The molecule has 0 aromatic carbocycles. The van der Waals surface area contributed by atoms with Crippen LogP contribution in [0.4, 0.5) is 0 Å². The van der Waals surface area contributed by atoms with Gasteiger partial charge in [0.1, 0.15) is 0 Å². The topological polar surface area (TPSA) is 15.3 Å². The summed E-state index contributed by atoms with van der Waals surface area (Å²) in [6.45, 7) is 14.2. The molecule has 2 heteroatoms. The van der Waals surface area contributed by atoms with Crippen molar-refractivity contribution in [3.8, 4) is 0 Å². The molecule has 2 nitrogen and oxygen atoms in total. The zero-order chi connectivity index (χ0) is 11.3. The van der Waals surface area contributed by atoms with Crippen molar-refractivity contribution in [1.29, 1.82) is 0 Å². The second kappa shape index (κ2) is 6.49. The zero-order valence-corrected chi connectivity index (χ0v) is 10.9. The minimum absolute atomic E-state index is 0.752. The van der Waals surface area contributed by atoms with Crippen molar-refractivity contribution in [2.45, 2.75) is 46.6 Å². The van der Waals surface area contributed by atoms with Gasteiger partial charge >= 0.3 is 0 Å². The van der Waals surface area contributed by atoms with Gasteiger partial charge in [-0.3, -0.25) is 4.90 Å². The number of rotatable bonds is 4. The molecule has 0 aromatic heterocycles. The van der Waals surface area contributed by atoms with Crippen molar-refractivity contribution in [3.63, 3.8) is 0 Å². The fraction of sp³-hybridized carbons (Fsp3) is 1.00. The fourth-order valence-electron chi connectivity index (χ4n) is 2.43. The van der Waals surface area contributed by atoms with Gasteiger partial charge in [-0.05, 0) is 31.7 Å². The van der Waals surface area contributed by atoms with E-state index < -0.39 is 0 Å². The van der Waals surface area contributed by atoms with E-state index in [9.17, 15) is 0 Å². The number of nitrogens with zero attached hydrogens (tertiary/aromatic N) is 1. The van der Waals surface area contributed by atoms with Crippen LogP contribution in [0.15, 0.2) is 0 Å². The van der Waals surface area contributed by atoms with Crippen molar-refractivity contribution in [2.75, 3.05) is 26.2 Å². The maximum atomic E-state index is 3.51. The van der Waals surface area contributed by atoms with Gasteiger partial charge in [-0.1, -0.05) is 27.2 Å². The first-order valence-corrected chi connectivity index (χ1v) is 6.58. The standard InChI is InChI=1S/C13H28N2/c1-5-11(2)8-13(4)15-7-6-14-9-12(3)10-15/h11-14H,5-10H2,1-4H3. The molecule has 15 heavy (non-hydrogen) atoms. The van der Waals surface area contributed by atoms with Gasteiger partial charge in [0, 0.05) is 25.7 Å². The maximum Gasteiger partial charge on any atom is 0.0110 e. The van der Waals surface area contributed by atoms with E-state index in [-0.39, 0.29) is 0 Å². The third kappa shape index (κ3) is 4.52. The van der Waals surface area contributed by atoms with Crippen molar-refractivity contribution in [3.05, 3.63) is 0 Å². The summed E-state index contributed by atoms with van der Waals surface area (Å²) >= 11 is 0. The Morgan fingerprint density at radius 3 is 2.80 bits per heavy atom. The molecule has 90 valence electrons. The molecule has 3 atom stereocenters. The molecule has 1 saturated heterocycles. The van der Waals surface area contributed by atoms with E-state index >= 15 is 0 Å². The molecule has 0 amide bonds. The summed E-state index contributed by atoms with van der Waals surface area (Å²) in [5.74, 6) is 1.67. The van der Waals surface area contributed by atoms with Crippen LogP contribution in [0.1, 0.15) is 40.5 Å². The number of nitrogens with one attached hydrogen (secondary N) is 1. The highest BCUT2D eigenvalue weighted by atomic mass is 15.2. The lowest BCUT2D eigenvalue weighted by molar-refractivity contribution is 0.177. The molecule has 1 heterocycles. The third-order valence-electron chi connectivity index (χ3n) is 3.68. The van der Waals surface area contributed by atoms with Gasteiger partial charge < -0.3 is 5.32 Å². The lowest BCUT2D eigenvalue weighted by Gasteiger charge is -2.30. The minimum atomic E-state index is 0.752. The summed E-state index contributed by atoms with van der Waals surface area (Å²) in [5, 5.41) is 3.51. The Morgan fingerprint density at radius 1 is 1.40 bits per heavy atom. The quantitative estimate of drug-likeness (QED) is 0.769. The van der Waals surface area contributed by atoms with Gasteiger partial charge in [0.15, 0.2) is 0 Å². The molecule has 1 rings (SSSR count). The molecule has 0 aliphatic carbocycles. The lowest BCUT2D eigenvalue weighted by atomic mass is 9.99. The van der Waals surface area contributed by atoms with Gasteiger partial charge in [-0.15, -0.1) is 0 Å². The highest BCUT2D eigenvalue weighted by molar-refractivity contribution is 4.76. The normalized spacial score (nSPS) is 28.4. The van der Waals surface area contributed by atoms with Gasteiger partial charge in [0.25, 0.3) is 0 Å². The molecule has 0 bridgehead atoms. The van der Waals surface area contributed by atoms with Crippen molar-refractivity contribution < 1.29 is 0 Å². The van der Waals surface area contributed by atoms with Gasteiger partial charge in [0.2, 0.25) is 0 Å². The van der Waals surface area contributed by atoms with Crippen LogP contribution >= 0.6 is 0 Å². The van der Waals surface area contributed by atoms with Crippen LogP contribution in [0.2, 0.25) is 0 Å². The van der Waals surface area contributed by atoms with E-state index in [4.69, 9.17) is 0 Å². The zero-order valence-electron chi connectivity index (χ0n) is 10.9. The van der Waals surface area contributed by atoms with Crippen molar-refractivity contribution >= 4 is 0 Å². The van der Waals surface area contributed by atoms with Crippen molar-refractivity contribution in [1.82, 2.24) is 10.2 Å². The molecule has 0 radical (unpaired) electrons. The molecule has 1 aliphatic rings. The molecular formula is C13H28N2. The molecule has 0 spiro atoms. The highest BCUT2D eigenvalue weighted by Gasteiger charge is 2.20. The Balaban J connectivity index is 2.38. The summed E-state index contributed by atoms with van der Waals surface area (Å²) in [4.78, 5) is 2.66. The van der Waals surface area contributed by atoms with Gasteiger partial charge in [-0.2, -0.15) is 0 Å². The van der Waals surface area contributed by atoms with Crippen LogP contribution < -0.4 is 5.32 Å². The van der Waals surface area contributed by atoms with Crippen LogP contribution in [0.5, 0.6) is 0 Å². The van der Waals surface area contributed by atoms with Crippen LogP contribution in [-0.2, 0) is 0 Å². The first-order valence-electron chi connectivity index (χ1n) is 6.58. The molecule has 3 unspecified atom stereocenters. The molecule has 1 N–H and O–H groups in total. The Hall–Kier alpha value is -0.0800. The first kappa shape index (κ1) is 13.0. The Kier molecular flexibility index (Phi) is 5.62. The van der Waals surface area contributed by atoms with Crippen molar-refractivity contribution in [2.24, 2.45) is 11.8 Å². The summed E-state index contributed by atoms with van der Waals surface area (Å²) < 4.78 is 0. The molecule has 1 fully saturated rings. The second-order valence-corrected chi connectivity index (χ2v) is 5.40. The summed E-state index contributed by atoms with van der Waals surface area (Å²) in [6.07, 6.45) is 2.66. The SMILES string of the molecule is CCC(C)CC(C)N1CCNCC(C)C1. The summed E-state index contributed by atoms with van der Waals surface area (Å²) in [7, 11) is 0. The number of hydrogen-bond donors (Lipinski definition) is 1. The predicted molar refractivity (Wildman–Crippen MR) is 67.1 cm³/mol. The van der Waals surface area contributed by atoms with E-state index in [1.165, 1.54) is 32.5 Å². The van der Waals surface area contributed by atoms with Crippen LogP contribution in [0.25, 0.3) is 0 Å². The Labute approximate surface area is 95.4 Å². The fourth-order valence-corrected chi connectivity index (χ4v) is 2.43. The van der Waals surface area contributed by atoms with E-state index in [1.54, 1.807) is 0 Å². The van der Waals surface area contributed by atoms with E-state index in [2.05, 4.69) is 37.9 Å². The van der Waals surface area contributed by atoms with E-state index in [1.807, 2.05) is 0 Å². The Bertz CT molecular complexity index is 170. The average molecular weight is 212 g/mol. The molecular weight excluding hydrogens is 184 g/mol. The highest BCUT2D eigenvalue weighted by Crippen LogP contribution is 2.16. The molecule has 0 aromatic rings. The second-order valence-electron chi connectivity index (χ2n) is 5.40. The largest absolute Gasteiger partial charge is 0.315 e. The smallest absolute Gasteiger partial charge is 0.0110 e. The van der Waals surface area contributed by atoms with Crippen LogP contribution in [0.3, 0.4) is 0 Å². The van der Waals surface area contributed by atoms with Crippen LogP contribution in [0, 0.1) is 11.8 Å². The van der Waals surface area contributed by atoms with Gasteiger partial charge in [-0.25, -0.2) is 0 Å². The predicted octanol–water partition coefficient (Wildman–Crippen LogP) is 2.35. The third-order valence-corrected chi connectivity index (χ3v) is 3.68. The summed E-state index contributed by atoms with van der Waals surface area (Å²) in [6, 6.07) is 0.752. The minimum Gasteiger partial charge on any atom is -0.315 e.